The van der Waals surface area contributed by atoms with Crippen LogP contribution in [0.2, 0.25) is 15.1 Å². The Bertz CT molecular complexity index is 1320. The van der Waals surface area contributed by atoms with E-state index in [1.54, 1.807) is 12.1 Å². The fraction of sp³-hybridized carbons (Fsp3) is 0.280. The Labute approximate surface area is 233 Å². The maximum atomic E-state index is 15.0. The van der Waals surface area contributed by atoms with Crippen LogP contribution >= 0.6 is 34.8 Å². The molecular weight excluding hydrogens is 598 g/mol. The Morgan fingerprint density at radius 3 is 2.15 bits per heavy atom. The molecule has 0 aliphatic rings. The summed E-state index contributed by atoms with van der Waals surface area (Å²) in [5, 5.41) is 1.94. The zero-order valence-electron chi connectivity index (χ0n) is 19.9. The second kappa shape index (κ2) is 11.8. The van der Waals surface area contributed by atoms with Crippen molar-refractivity contribution in [3.05, 3.63) is 92.2 Å². The molecule has 0 spiro atoms. The lowest BCUT2D eigenvalue weighted by molar-refractivity contribution is -0.348. The molecule has 2 aromatic carbocycles. The highest BCUT2D eigenvalue weighted by molar-refractivity contribution is 6.42. The van der Waals surface area contributed by atoms with Gasteiger partial charge in [-0.1, -0.05) is 40.9 Å². The smallest absolute Gasteiger partial charge is 0.374 e. The average molecular weight is 617 g/mol. The monoisotopic (exact) mass is 615 g/mol. The van der Waals surface area contributed by atoms with Gasteiger partial charge in [0.15, 0.2) is 0 Å². The van der Waals surface area contributed by atoms with Crippen LogP contribution in [0.15, 0.2) is 54.9 Å². The van der Waals surface area contributed by atoms with Crippen LogP contribution in [0.4, 0.5) is 36.4 Å². The number of benzene rings is 2. The van der Waals surface area contributed by atoms with Gasteiger partial charge in [-0.15, -0.1) is 0 Å². The van der Waals surface area contributed by atoms with Gasteiger partial charge in [-0.3, -0.25) is 9.78 Å². The standard InChI is InChI=1S/C25H19Cl3F7N3O/c1-38(8-6-14-4-5-18(26)20(28)9-14)21-11-17(23(29,24(30,31)32)25(33,34)35)19(27)10-16(21)13-37-22(39)15-3-2-7-36-12-15/h2-5,7,9-12H,6,8,13H2,1H3,(H,37,39). The number of nitrogens with zero attached hydrogens (tertiary/aromatic N) is 2. The van der Waals surface area contributed by atoms with Crippen molar-refractivity contribution in [3.63, 3.8) is 0 Å². The van der Waals surface area contributed by atoms with Gasteiger partial charge in [-0.2, -0.15) is 26.3 Å². The van der Waals surface area contributed by atoms with Gasteiger partial charge in [0.25, 0.3) is 5.91 Å². The van der Waals surface area contributed by atoms with Gasteiger partial charge < -0.3 is 10.2 Å². The molecule has 0 bridgehead atoms. The summed E-state index contributed by atoms with van der Waals surface area (Å²) < 4.78 is 96.1. The van der Waals surface area contributed by atoms with Crippen LogP contribution in [-0.4, -0.2) is 36.8 Å². The topological polar surface area (TPSA) is 45.2 Å². The van der Waals surface area contributed by atoms with Crippen molar-refractivity contribution in [3.8, 4) is 0 Å². The van der Waals surface area contributed by atoms with Crippen molar-refractivity contribution in [2.75, 3.05) is 18.5 Å². The number of carbonyl (C=O) groups excluding carboxylic acids is 1. The van der Waals surface area contributed by atoms with Gasteiger partial charge in [0, 0.05) is 48.8 Å². The minimum Gasteiger partial charge on any atom is -0.374 e. The van der Waals surface area contributed by atoms with E-state index in [-0.39, 0.29) is 41.3 Å². The first kappa shape index (κ1) is 30.8. The number of amides is 1. The molecular formula is C25H19Cl3F7N3O. The van der Waals surface area contributed by atoms with Crippen LogP contribution in [0.3, 0.4) is 0 Å². The number of nitrogens with one attached hydrogen (secondary N) is 1. The summed E-state index contributed by atoms with van der Waals surface area (Å²) in [5.41, 5.74) is -6.90. The maximum absolute atomic E-state index is 15.0. The van der Waals surface area contributed by atoms with Crippen LogP contribution in [0.5, 0.6) is 0 Å². The second-order valence-electron chi connectivity index (χ2n) is 8.46. The number of aromatic nitrogens is 1. The van der Waals surface area contributed by atoms with Gasteiger partial charge in [-0.25, -0.2) is 4.39 Å². The normalized spacial score (nSPS) is 12.4. The van der Waals surface area contributed by atoms with Crippen LogP contribution in [0.25, 0.3) is 0 Å². The van der Waals surface area contributed by atoms with E-state index in [0.717, 1.165) is 6.07 Å². The zero-order chi connectivity index (χ0) is 29.2. The zero-order valence-corrected chi connectivity index (χ0v) is 22.2. The molecule has 1 N–H and O–H groups in total. The third-order valence-electron chi connectivity index (χ3n) is 5.81. The Kier molecular flexibility index (Phi) is 9.29. The fourth-order valence-corrected chi connectivity index (χ4v) is 4.35. The number of halogens is 10. The number of pyridine rings is 1. The first-order valence-corrected chi connectivity index (χ1v) is 12.2. The molecule has 4 nitrogen and oxygen atoms in total. The predicted molar refractivity (Wildman–Crippen MR) is 135 cm³/mol. The molecule has 0 aliphatic carbocycles. The maximum Gasteiger partial charge on any atom is 0.436 e. The van der Waals surface area contributed by atoms with Crippen molar-refractivity contribution < 1.29 is 35.5 Å². The van der Waals surface area contributed by atoms with Crippen LogP contribution in [0.1, 0.15) is 27.0 Å². The third kappa shape index (κ3) is 6.70. The highest BCUT2D eigenvalue weighted by atomic mass is 35.5. The summed E-state index contributed by atoms with van der Waals surface area (Å²) >= 11 is 17.7. The van der Waals surface area contributed by atoms with Gasteiger partial charge in [-0.05, 0) is 53.9 Å². The van der Waals surface area contributed by atoms with Crippen LogP contribution in [0, 0.1) is 0 Å². The Morgan fingerprint density at radius 2 is 1.59 bits per heavy atom. The molecule has 39 heavy (non-hydrogen) atoms. The number of rotatable bonds is 8. The number of carbonyl (C=O) groups is 1. The van der Waals surface area contributed by atoms with Crippen molar-refractivity contribution >= 4 is 46.4 Å². The minimum atomic E-state index is -6.36. The highest BCUT2D eigenvalue weighted by Crippen LogP contribution is 2.55. The molecule has 0 saturated carbocycles. The number of alkyl halides is 7. The van der Waals surface area contributed by atoms with Crippen LogP contribution in [-0.2, 0) is 18.6 Å². The number of hydrogen-bond donors (Lipinski definition) is 1. The number of likely N-dealkylation sites (N-methyl/N-ethyl adjacent to an activating group) is 1. The number of hydrogen-bond acceptors (Lipinski definition) is 3. The average Bonchev–Trinajstić information content (AvgIpc) is 2.86. The SMILES string of the molecule is CN(CCc1ccc(Cl)c(Cl)c1)c1cc(C(F)(C(F)(F)F)C(F)(F)F)c(Cl)cc1CNC(=O)c1cccnc1. The van der Waals surface area contributed by atoms with E-state index < -0.39 is 34.5 Å². The van der Waals surface area contributed by atoms with Crippen molar-refractivity contribution in [2.45, 2.75) is 31.0 Å². The van der Waals surface area contributed by atoms with Crippen molar-refractivity contribution in [2.24, 2.45) is 0 Å². The van der Waals surface area contributed by atoms with Crippen molar-refractivity contribution in [1.29, 1.82) is 0 Å². The summed E-state index contributed by atoms with van der Waals surface area (Å²) in [6.45, 7) is -0.294. The molecule has 0 radical (unpaired) electrons. The van der Waals surface area contributed by atoms with E-state index in [1.807, 2.05) is 0 Å². The van der Waals surface area contributed by atoms with Gasteiger partial charge >= 0.3 is 18.0 Å². The lowest BCUT2D eigenvalue weighted by atomic mass is 9.92. The van der Waals surface area contributed by atoms with E-state index in [2.05, 4.69) is 10.3 Å². The molecule has 1 heterocycles. The quantitative estimate of drug-likeness (QED) is 0.262. The van der Waals surface area contributed by atoms with Gasteiger partial charge in [0.05, 0.1) is 15.6 Å². The lowest BCUT2D eigenvalue weighted by Crippen LogP contribution is -2.50. The first-order valence-electron chi connectivity index (χ1n) is 11.0. The molecule has 0 atom stereocenters. The molecule has 0 saturated heterocycles. The molecule has 0 unspecified atom stereocenters. The van der Waals surface area contributed by atoms with Gasteiger partial charge in [0.1, 0.15) is 0 Å². The van der Waals surface area contributed by atoms with E-state index in [0.29, 0.717) is 16.7 Å². The highest BCUT2D eigenvalue weighted by Gasteiger charge is 2.74. The minimum absolute atomic E-state index is 0.0457. The molecule has 14 heteroatoms. The summed E-state index contributed by atoms with van der Waals surface area (Å²) in [6, 6.07) is 8.86. The van der Waals surface area contributed by atoms with E-state index >= 15 is 0 Å². The van der Waals surface area contributed by atoms with Gasteiger partial charge in [0.2, 0.25) is 0 Å². The Hall–Kier alpha value is -2.76. The fourth-order valence-electron chi connectivity index (χ4n) is 3.72. The molecule has 1 aromatic heterocycles. The third-order valence-corrected chi connectivity index (χ3v) is 6.87. The number of anilines is 1. The summed E-state index contributed by atoms with van der Waals surface area (Å²) in [4.78, 5) is 17.6. The largest absolute Gasteiger partial charge is 0.436 e. The van der Waals surface area contributed by atoms with E-state index in [4.69, 9.17) is 34.8 Å². The second-order valence-corrected chi connectivity index (χ2v) is 9.68. The Morgan fingerprint density at radius 1 is 0.923 bits per heavy atom. The molecule has 3 rings (SSSR count). The summed E-state index contributed by atoms with van der Waals surface area (Å²) in [7, 11) is 1.39. The van der Waals surface area contributed by atoms with Crippen LogP contribution < -0.4 is 10.2 Å². The summed E-state index contributed by atoms with van der Waals surface area (Å²) in [5.74, 6) is -0.613. The molecule has 210 valence electrons. The lowest BCUT2D eigenvalue weighted by Gasteiger charge is -2.33. The molecule has 3 aromatic rings. The van der Waals surface area contributed by atoms with E-state index in [9.17, 15) is 35.5 Å². The predicted octanol–water partition coefficient (Wildman–Crippen LogP) is 7.94. The molecule has 1 amide bonds. The first-order chi connectivity index (χ1) is 18.1. The van der Waals surface area contributed by atoms with Crippen molar-refractivity contribution in [1.82, 2.24) is 10.3 Å². The summed E-state index contributed by atoms with van der Waals surface area (Å²) in [6.07, 6.45) is -9.78. The van der Waals surface area contributed by atoms with E-state index in [1.165, 1.54) is 42.5 Å². The molecule has 0 aliphatic heterocycles. The Balaban J connectivity index is 2.03. The molecule has 0 fully saturated rings.